The first-order valence-electron chi connectivity index (χ1n) is 7.58. The molecule has 0 aliphatic heterocycles. The largest absolute Gasteiger partial charge is 0.351 e. The highest BCUT2D eigenvalue weighted by Crippen LogP contribution is 2.06. The second-order valence-corrected chi connectivity index (χ2v) is 6.06. The SMILES string of the molecule is CC(C)[C@H](N)C(=O)NCc1ccc(Cn2cc[n+](C)c2)cc1. The van der Waals surface area contributed by atoms with Crippen molar-refractivity contribution in [3.05, 3.63) is 54.1 Å². The maximum absolute atomic E-state index is 11.8. The van der Waals surface area contributed by atoms with Crippen LogP contribution in [-0.2, 0) is 24.9 Å². The Morgan fingerprint density at radius 2 is 1.91 bits per heavy atom. The van der Waals surface area contributed by atoms with Crippen molar-refractivity contribution in [2.45, 2.75) is 33.0 Å². The maximum Gasteiger partial charge on any atom is 0.243 e. The first-order chi connectivity index (χ1) is 10.5. The van der Waals surface area contributed by atoms with E-state index in [1.54, 1.807) is 0 Å². The van der Waals surface area contributed by atoms with E-state index in [1.165, 1.54) is 5.56 Å². The molecule has 1 amide bonds. The molecule has 22 heavy (non-hydrogen) atoms. The number of imidazole rings is 1. The number of nitrogens with zero attached hydrogens (tertiary/aromatic N) is 2. The summed E-state index contributed by atoms with van der Waals surface area (Å²) in [6.45, 7) is 5.24. The summed E-state index contributed by atoms with van der Waals surface area (Å²) >= 11 is 0. The Kier molecular flexibility index (Phi) is 5.33. The molecular weight excluding hydrogens is 276 g/mol. The molecule has 1 atom stereocenters. The maximum atomic E-state index is 11.8. The lowest BCUT2D eigenvalue weighted by Gasteiger charge is -2.15. The van der Waals surface area contributed by atoms with Crippen molar-refractivity contribution in [2.24, 2.45) is 18.7 Å². The highest BCUT2D eigenvalue weighted by Gasteiger charge is 2.16. The molecule has 0 unspecified atom stereocenters. The molecule has 118 valence electrons. The van der Waals surface area contributed by atoms with Crippen LogP contribution in [0.2, 0.25) is 0 Å². The minimum absolute atomic E-state index is 0.0982. The molecule has 0 bridgehead atoms. The number of amides is 1. The van der Waals surface area contributed by atoms with Gasteiger partial charge in [-0.05, 0) is 17.0 Å². The summed E-state index contributed by atoms with van der Waals surface area (Å²) in [5.74, 6) is 0.0455. The molecule has 0 fully saturated rings. The molecule has 0 saturated heterocycles. The van der Waals surface area contributed by atoms with E-state index >= 15 is 0 Å². The van der Waals surface area contributed by atoms with Gasteiger partial charge in [0.1, 0.15) is 18.9 Å². The lowest BCUT2D eigenvalue weighted by atomic mass is 10.0. The number of hydrogen-bond donors (Lipinski definition) is 2. The number of carbonyl (C=O) groups is 1. The predicted molar refractivity (Wildman–Crippen MR) is 85.8 cm³/mol. The standard InChI is InChI=1S/C17H24N4O/c1-13(2)16(18)17(22)19-10-14-4-6-15(7-5-14)11-21-9-8-20(3)12-21/h4-9,12-13,16H,10-11,18H2,1-3H3/p+1/t16-/m0/s1. The van der Waals surface area contributed by atoms with E-state index in [9.17, 15) is 4.79 Å². The lowest BCUT2D eigenvalue weighted by Crippen LogP contribution is -2.43. The van der Waals surface area contributed by atoms with Gasteiger partial charge in [-0.1, -0.05) is 38.1 Å². The molecule has 0 saturated carbocycles. The summed E-state index contributed by atoms with van der Waals surface area (Å²) < 4.78 is 4.14. The van der Waals surface area contributed by atoms with Crippen LogP contribution in [0.5, 0.6) is 0 Å². The second-order valence-electron chi connectivity index (χ2n) is 6.06. The molecule has 1 heterocycles. The molecule has 1 aromatic heterocycles. The van der Waals surface area contributed by atoms with Crippen LogP contribution >= 0.6 is 0 Å². The van der Waals surface area contributed by atoms with Crippen molar-refractivity contribution in [1.29, 1.82) is 0 Å². The number of carbonyl (C=O) groups excluding carboxylic acids is 1. The van der Waals surface area contributed by atoms with E-state index < -0.39 is 6.04 Å². The zero-order valence-electron chi connectivity index (χ0n) is 13.5. The average Bonchev–Trinajstić information content (AvgIpc) is 2.90. The lowest BCUT2D eigenvalue weighted by molar-refractivity contribution is -0.671. The second kappa shape index (κ2) is 7.22. The molecule has 0 aliphatic carbocycles. The van der Waals surface area contributed by atoms with Gasteiger partial charge in [0.05, 0.1) is 13.1 Å². The third-order valence-electron chi connectivity index (χ3n) is 3.70. The van der Waals surface area contributed by atoms with Crippen LogP contribution in [0.25, 0.3) is 0 Å². The minimum atomic E-state index is -0.450. The van der Waals surface area contributed by atoms with Crippen molar-refractivity contribution < 1.29 is 9.36 Å². The van der Waals surface area contributed by atoms with E-state index in [1.807, 2.05) is 56.3 Å². The molecule has 0 aliphatic rings. The summed E-state index contributed by atoms with van der Waals surface area (Å²) in [5, 5.41) is 2.88. The van der Waals surface area contributed by atoms with E-state index in [0.29, 0.717) is 6.54 Å². The molecule has 5 nitrogen and oxygen atoms in total. The number of aryl methyl sites for hydroxylation is 1. The summed E-state index contributed by atoms with van der Waals surface area (Å²) in [5.41, 5.74) is 8.12. The number of aromatic nitrogens is 2. The number of benzene rings is 1. The molecule has 3 N–H and O–H groups in total. The van der Waals surface area contributed by atoms with Gasteiger partial charge < -0.3 is 11.1 Å². The first kappa shape index (κ1) is 16.2. The Morgan fingerprint density at radius 3 is 2.45 bits per heavy atom. The fourth-order valence-corrected chi connectivity index (χ4v) is 2.18. The van der Waals surface area contributed by atoms with Gasteiger partial charge in [0, 0.05) is 6.54 Å². The van der Waals surface area contributed by atoms with Gasteiger partial charge >= 0.3 is 0 Å². The Morgan fingerprint density at radius 1 is 1.27 bits per heavy atom. The van der Waals surface area contributed by atoms with Gasteiger partial charge in [-0.25, -0.2) is 9.13 Å². The fraction of sp³-hybridized carbons (Fsp3) is 0.412. The van der Waals surface area contributed by atoms with Crippen LogP contribution in [0.4, 0.5) is 0 Å². The average molecular weight is 301 g/mol. The predicted octanol–water partition coefficient (Wildman–Crippen LogP) is 0.960. The van der Waals surface area contributed by atoms with Gasteiger partial charge in [0.15, 0.2) is 0 Å². The van der Waals surface area contributed by atoms with Crippen LogP contribution in [0.1, 0.15) is 25.0 Å². The Balaban J connectivity index is 1.88. The summed E-state index contributed by atoms with van der Waals surface area (Å²) in [4.78, 5) is 11.8. The topological polar surface area (TPSA) is 63.9 Å². The van der Waals surface area contributed by atoms with E-state index in [2.05, 4.69) is 22.0 Å². The normalized spacial score (nSPS) is 12.4. The number of nitrogens with two attached hydrogens (primary N) is 1. The smallest absolute Gasteiger partial charge is 0.243 e. The van der Waals surface area contributed by atoms with Gasteiger partial charge in [-0.3, -0.25) is 4.79 Å². The van der Waals surface area contributed by atoms with Gasteiger partial charge in [0.2, 0.25) is 12.2 Å². The first-order valence-corrected chi connectivity index (χ1v) is 7.58. The van der Waals surface area contributed by atoms with E-state index in [4.69, 9.17) is 5.73 Å². The minimum Gasteiger partial charge on any atom is -0.351 e. The highest BCUT2D eigenvalue weighted by molar-refractivity contribution is 5.81. The Bertz CT molecular complexity index is 616. The number of rotatable bonds is 6. The van der Waals surface area contributed by atoms with Crippen LogP contribution in [0.3, 0.4) is 0 Å². The molecular formula is C17H25N4O+. The van der Waals surface area contributed by atoms with Gasteiger partial charge in [-0.15, -0.1) is 0 Å². The summed E-state index contributed by atoms with van der Waals surface area (Å²) in [7, 11) is 2.00. The van der Waals surface area contributed by atoms with Crippen molar-refractivity contribution in [3.63, 3.8) is 0 Å². The third-order valence-corrected chi connectivity index (χ3v) is 3.70. The van der Waals surface area contributed by atoms with Crippen LogP contribution in [0, 0.1) is 5.92 Å². The van der Waals surface area contributed by atoms with Crippen molar-refractivity contribution >= 4 is 5.91 Å². The quantitative estimate of drug-likeness (QED) is 0.781. The van der Waals surface area contributed by atoms with Crippen molar-refractivity contribution in [2.75, 3.05) is 0 Å². The van der Waals surface area contributed by atoms with E-state index in [-0.39, 0.29) is 11.8 Å². The molecule has 0 radical (unpaired) electrons. The Hall–Kier alpha value is -2.14. The summed E-state index contributed by atoms with van der Waals surface area (Å²) in [6, 6.07) is 7.81. The zero-order chi connectivity index (χ0) is 16.1. The zero-order valence-corrected chi connectivity index (χ0v) is 13.5. The van der Waals surface area contributed by atoms with Gasteiger partial charge in [-0.2, -0.15) is 0 Å². The van der Waals surface area contributed by atoms with Crippen molar-refractivity contribution in [1.82, 2.24) is 9.88 Å². The van der Waals surface area contributed by atoms with Gasteiger partial charge in [0.25, 0.3) is 0 Å². The van der Waals surface area contributed by atoms with Crippen LogP contribution in [0.15, 0.2) is 43.0 Å². The van der Waals surface area contributed by atoms with E-state index in [0.717, 1.165) is 12.1 Å². The number of nitrogens with one attached hydrogen (secondary N) is 1. The van der Waals surface area contributed by atoms with Crippen LogP contribution in [-0.4, -0.2) is 16.5 Å². The summed E-state index contributed by atoms with van der Waals surface area (Å²) in [6.07, 6.45) is 6.10. The Labute approximate surface area is 131 Å². The molecule has 1 aromatic carbocycles. The fourth-order valence-electron chi connectivity index (χ4n) is 2.18. The molecule has 2 aromatic rings. The monoisotopic (exact) mass is 301 g/mol. The van der Waals surface area contributed by atoms with Crippen LogP contribution < -0.4 is 15.6 Å². The molecule has 2 rings (SSSR count). The number of hydrogen-bond acceptors (Lipinski definition) is 2. The van der Waals surface area contributed by atoms with Crippen molar-refractivity contribution in [3.8, 4) is 0 Å². The third kappa shape index (κ3) is 4.43. The highest BCUT2D eigenvalue weighted by atomic mass is 16.2. The molecule has 5 heteroatoms. The molecule has 0 spiro atoms.